The van der Waals surface area contributed by atoms with Crippen LogP contribution in [0.2, 0.25) is 0 Å². The molecule has 0 saturated heterocycles. The number of amides is 1. The summed E-state index contributed by atoms with van der Waals surface area (Å²) in [5.41, 5.74) is 1.75. The van der Waals surface area contributed by atoms with Crippen LogP contribution in [0.25, 0.3) is 11.1 Å². The quantitative estimate of drug-likeness (QED) is 0.544. The molecule has 0 aliphatic rings. The Morgan fingerprint density at radius 3 is 2.76 bits per heavy atom. The number of fused-ring (bicyclic) bond motifs is 1. The zero-order valence-corrected chi connectivity index (χ0v) is 15.2. The smallest absolute Gasteiger partial charge is 0.420 e. The largest absolute Gasteiger partial charge is 0.439 e. The summed E-state index contributed by atoms with van der Waals surface area (Å²) in [4.78, 5) is 28.4. The lowest BCUT2D eigenvalue weighted by Crippen LogP contribution is -2.30. The first kappa shape index (κ1) is 18.4. The second-order valence-corrected chi connectivity index (χ2v) is 6.26. The maximum Gasteiger partial charge on any atom is 0.420 e. The molecule has 0 aliphatic heterocycles. The van der Waals surface area contributed by atoms with E-state index in [9.17, 15) is 14.0 Å². The van der Waals surface area contributed by atoms with Crippen LogP contribution in [0.1, 0.15) is 5.56 Å². The van der Waals surface area contributed by atoms with Crippen molar-refractivity contribution in [1.82, 2.24) is 14.9 Å². The maximum atomic E-state index is 13.0. The number of nitrogens with zero attached hydrogens (tertiary/aromatic N) is 2. The Morgan fingerprint density at radius 1 is 1.14 bits per heavy atom. The van der Waals surface area contributed by atoms with Crippen LogP contribution >= 0.6 is 0 Å². The van der Waals surface area contributed by atoms with Crippen molar-refractivity contribution in [2.24, 2.45) is 0 Å². The Kier molecular flexibility index (Phi) is 5.07. The lowest BCUT2D eigenvalue weighted by atomic mass is 10.2. The number of oxazole rings is 1. The van der Waals surface area contributed by atoms with Gasteiger partial charge in [-0.05, 0) is 48.0 Å². The monoisotopic (exact) mass is 393 g/mol. The minimum absolute atomic E-state index is 0.153. The van der Waals surface area contributed by atoms with E-state index in [1.165, 1.54) is 28.8 Å². The van der Waals surface area contributed by atoms with E-state index in [4.69, 9.17) is 9.15 Å². The van der Waals surface area contributed by atoms with Crippen LogP contribution < -0.4 is 15.8 Å². The molecule has 8 heteroatoms. The molecule has 0 radical (unpaired) electrons. The SMILES string of the molecule is O=C(Cn1c(=O)oc2ccccc21)NCc1ccnc(Oc2ccc(F)cc2)c1. The van der Waals surface area contributed by atoms with Gasteiger partial charge in [0.25, 0.3) is 0 Å². The van der Waals surface area contributed by atoms with E-state index in [0.717, 1.165) is 5.56 Å². The third-order valence-corrected chi connectivity index (χ3v) is 4.20. The number of nitrogens with one attached hydrogen (secondary N) is 1. The van der Waals surface area contributed by atoms with Crippen LogP contribution in [-0.2, 0) is 17.9 Å². The van der Waals surface area contributed by atoms with Crippen LogP contribution in [-0.4, -0.2) is 15.5 Å². The maximum absolute atomic E-state index is 13.0. The van der Waals surface area contributed by atoms with E-state index in [1.54, 1.807) is 42.6 Å². The molecule has 2 aromatic heterocycles. The molecular weight excluding hydrogens is 377 g/mol. The minimum Gasteiger partial charge on any atom is -0.439 e. The molecule has 7 nitrogen and oxygen atoms in total. The van der Waals surface area contributed by atoms with Crippen molar-refractivity contribution in [2.75, 3.05) is 0 Å². The van der Waals surface area contributed by atoms with Crippen LogP contribution in [0.5, 0.6) is 11.6 Å². The second-order valence-electron chi connectivity index (χ2n) is 6.26. The zero-order valence-electron chi connectivity index (χ0n) is 15.2. The molecule has 4 rings (SSSR count). The lowest BCUT2D eigenvalue weighted by molar-refractivity contribution is -0.121. The molecule has 0 aliphatic carbocycles. The van der Waals surface area contributed by atoms with E-state index >= 15 is 0 Å². The van der Waals surface area contributed by atoms with Crippen molar-refractivity contribution in [3.05, 3.63) is 88.8 Å². The third-order valence-electron chi connectivity index (χ3n) is 4.20. The standard InChI is InChI=1S/C21H16FN3O4/c22-15-5-7-16(8-6-15)28-20-11-14(9-10-23-20)12-24-19(26)13-25-17-3-1-2-4-18(17)29-21(25)27/h1-11H,12-13H2,(H,24,26). The fraction of sp³-hybridized carbons (Fsp3) is 0.0952. The summed E-state index contributed by atoms with van der Waals surface area (Å²) in [7, 11) is 0. The number of hydrogen-bond acceptors (Lipinski definition) is 5. The van der Waals surface area contributed by atoms with Gasteiger partial charge in [0.05, 0.1) is 5.52 Å². The molecule has 2 heterocycles. The summed E-state index contributed by atoms with van der Waals surface area (Å²) in [6.45, 7) is 0.0749. The van der Waals surface area contributed by atoms with Crippen LogP contribution in [0.3, 0.4) is 0 Å². The van der Waals surface area contributed by atoms with Gasteiger partial charge in [0.2, 0.25) is 11.8 Å². The van der Waals surface area contributed by atoms with Gasteiger partial charge < -0.3 is 14.5 Å². The Hall–Kier alpha value is -3.94. The molecule has 0 saturated carbocycles. The first-order valence-corrected chi connectivity index (χ1v) is 8.82. The van der Waals surface area contributed by atoms with Crippen molar-refractivity contribution < 1.29 is 18.3 Å². The minimum atomic E-state index is -0.583. The van der Waals surface area contributed by atoms with Gasteiger partial charge in [-0.2, -0.15) is 0 Å². The van der Waals surface area contributed by atoms with E-state index in [1.807, 2.05) is 0 Å². The van der Waals surface area contributed by atoms with Gasteiger partial charge in [0.15, 0.2) is 5.58 Å². The molecule has 0 spiro atoms. The number of rotatable bonds is 6. The van der Waals surface area contributed by atoms with Crippen LogP contribution in [0.15, 0.2) is 76.1 Å². The predicted octanol–water partition coefficient (Wildman–Crippen LogP) is 3.24. The van der Waals surface area contributed by atoms with Crippen LogP contribution in [0, 0.1) is 5.82 Å². The first-order valence-electron chi connectivity index (χ1n) is 8.82. The molecular formula is C21H16FN3O4. The highest BCUT2D eigenvalue weighted by Crippen LogP contribution is 2.20. The summed E-state index contributed by atoms with van der Waals surface area (Å²) < 4.78 is 25.0. The van der Waals surface area contributed by atoms with E-state index in [0.29, 0.717) is 22.7 Å². The number of para-hydroxylation sites is 2. The first-order chi connectivity index (χ1) is 14.1. The van der Waals surface area contributed by atoms with E-state index < -0.39 is 5.76 Å². The fourth-order valence-corrected chi connectivity index (χ4v) is 2.80. The lowest BCUT2D eigenvalue weighted by Gasteiger charge is -2.08. The third kappa shape index (κ3) is 4.32. The number of carbonyl (C=O) groups excluding carboxylic acids is 1. The summed E-state index contributed by atoms with van der Waals surface area (Å²) in [5.74, 6) is -0.505. The van der Waals surface area contributed by atoms with Gasteiger partial charge in [-0.1, -0.05) is 12.1 Å². The zero-order chi connectivity index (χ0) is 20.2. The molecule has 0 unspecified atom stereocenters. The van der Waals surface area contributed by atoms with Gasteiger partial charge in [-0.15, -0.1) is 0 Å². The van der Waals surface area contributed by atoms with Gasteiger partial charge in [-0.25, -0.2) is 14.2 Å². The Bertz CT molecular complexity index is 1210. The second kappa shape index (κ2) is 7.97. The van der Waals surface area contributed by atoms with Crippen molar-refractivity contribution in [1.29, 1.82) is 0 Å². The Labute approximate surface area is 164 Å². The van der Waals surface area contributed by atoms with Crippen molar-refractivity contribution >= 4 is 17.0 Å². The van der Waals surface area contributed by atoms with Gasteiger partial charge in [-0.3, -0.25) is 9.36 Å². The number of aromatic nitrogens is 2. The summed E-state index contributed by atoms with van der Waals surface area (Å²) >= 11 is 0. The molecule has 1 amide bonds. The summed E-state index contributed by atoms with van der Waals surface area (Å²) in [6, 6.07) is 15.9. The Morgan fingerprint density at radius 2 is 1.93 bits per heavy atom. The highest BCUT2D eigenvalue weighted by Gasteiger charge is 2.12. The number of halogens is 1. The van der Waals surface area contributed by atoms with E-state index in [-0.39, 0.29) is 24.8 Å². The summed E-state index contributed by atoms with van der Waals surface area (Å²) in [6.07, 6.45) is 1.55. The van der Waals surface area contributed by atoms with E-state index in [2.05, 4.69) is 10.3 Å². The Balaban J connectivity index is 1.39. The fourth-order valence-electron chi connectivity index (χ4n) is 2.80. The van der Waals surface area contributed by atoms with Crippen molar-refractivity contribution in [2.45, 2.75) is 13.1 Å². The van der Waals surface area contributed by atoms with Crippen molar-refractivity contribution in [3.63, 3.8) is 0 Å². The predicted molar refractivity (Wildman–Crippen MR) is 103 cm³/mol. The van der Waals surface area contributed by atoms with Gasteiger partial charge >= 0.3 is 5.76 Å². The normalized spacial score (nSPS) is 10.8. The number of carbonyl (C=O) groups is 1. The molecule has 0 bridgehead atoms. The number of ether oxygens (including phenoxy) is 1. The molecule has 0 atom stereocenters. The van der Waals surface area contributed by atoms with Crippen LogP contribution in [0.4, 0.5) is 4.39 Å². The van der Waals surface area contributed by atoms with Crippen molar-refractivity contribution in [3.8, 4) is 11.6 Å². The number of pyridine rings is 1. The topological polar surface area (TPSA) is 86.4 Å². The number of benzene rings is 2. The molecule has 2 aromatic carbocycles. The number of hydrogen-bond donors (Lipinski definition) is 1. The summed E-state index contributed by atoms with van der Waals surface area (Å²) in [5, 5.41) is 2.75. The van der Waals surface area contributed by atoms with Gasteiger partial charge in [0.1, 0.15) is 18.1 Å². The highest BCUT2D eigenvalue weighted by atomic mass is 19.1. The average molecular weight is 393 g/mol. The average Bonchev–Trinajstić information content (AvgIpc) is 3.04. The highest BCUT2D eigenvalue weighted by molar-refractivity contribution is 5.79. The molecule has 146 valence electrons. The molecule has 0 fully saturated rings. The molecule has 29 heavy (non-hydrogen) atoms. The molecule has 4 aromatic rings. The molecule has 1 N–H and O–H groups in total. The van der Waals surface area contributed by atoms with Gasteiger partial charge in [0, 0.05) is 18.8 Å².